The lowest BCUT2D eigenvalue weighted by Gasteiger charge is -2.13. The van der Waals surface area contributed by atoms with Gasteiger partial charge in [-0.25, -0.2) is 4.98 Å². The molecule has 2 aromatic rings. The highest BCUT2D eigenvalue weighted by Crippen LogP contribution is 2.29. The van der Waals surface area contributed by atoms with Crippen molar-refractivity contribution in [3.05, 3.63) is 52.1 Å². The number of aliphatic hydroxyl groups excluding tert-OH is 1. The van der Waals surface area contributed by atoms with E-state index in [0.29, 0.717) is 11.3 Å². The summed E-state index contributed by atoms with van der Waals surface area (Å²) in [6.07, 6.45) is 2.48. The second-order valence-electron chi connectivity index (χ2n) is 4.44. The molecule has 0 amide bonds. The van der Waals surface area contributed by atoms with E-state index in [1.165, 1.54) is 25.1 Å². The molecule has 0 fully saturated rings. The Bertz CT molecular complexity index is 622. The van der Waals surface area contributed by atoms with E-state index in [2.05, 4.69) is 4.98 Å². The van der Waals surface area contributed by atoms with Crippen LogP contribution in [0.15, 0.2) is 30.7 Å². The van der Waals surface area contributed by atoms with Gasteiger partial charge in [0.2, 0.25) is 0 Å². The molecule has 0 saturated carbocycles. The van der Waals surface area contributed by atoms with Gasteiger partial charge < -0.3 is 14.4 Å². The first-order valence-electron chi connectivity index (χ1n) is 6.03. The quantitative estimate of drug-likeness (QED) is 0.666. The van der Waals surface area contributed by atoms with Crippen LogP contribution < -0.4 is 4.74 Å². The van der Waals surface area contributed by atoms with Crippen molar-refractivity contribution in [2.75, 3.05) is 0 Å². The van der Waals surface area contributed by atoms with Crippen LogP contribution >= 0.6 is 0 Å². The van der Waals surface area contributed by atoms with Crippen molar-refractivity contribution in [3.8, 4) is 5.75 Å². The number of ether oxygens (including phenoxy) is 1. The Morgan fingerprint density at radius 1 is 1.55 bits per heavy atom. The Balaban J connectivity index is 2.22. The molecule has 1 aromatic heterocycles. The fourth-order valence-electron chi connectivity index (χ4n) is 1.78. The summed E-state index contributed by atoms with van der Waals surface area (Å²) in [5.41, 5.74) is 1.18. The van der Waals surface area contributed by atoms with Crippen LogP contribution in [0.2, 0.25) is 0 Å². The van der Waals surface area contributed by atoms with Crippen molar-refractivity contribution in [1.29, 1.82) is 0 Å². The van der Waals surface area contributed by atoms with Gasteiger partial charge in [-0.15, -0.1) is 0 Å². The number of aryl methyl sites for hydroxylation is 1. The van der Waals surface area contributed by atoms with E-state index < -0.39 is 11.0 Å². The maximum Gasteiger partial charge on any atom is 0.270 e. The number of imidazole rings is 1. The summed E-state index contributed by atoms with van der Waals surface area (Å²) in [5, 5.41) is 20.5. The summed E-state index contributed by atoms with van der Waals surface area (Å²) in [4.78, 5) is 14.2. The van der Waals surface area contributed by atoms with Gasteiger partial charge in [0.25, 0.3) is 5.69 Å². The maximum atomic E-state index is 10.7. The molecule has 0 aliphatic rings. The first kappa shape index (κ1) is 14.0. The van der Waals surface area contributed by atoms with Gasteiger partial charge in [0.05, 0.1) is 29.2 Å². The number of nitro groups is 1. The lowest BCUT2D eigenvalue weighted by Crippen LogP contribution is -2.04. The van der Waals surface area contributed by atoms with Crippen molar-refractivity contribution < 1.29 is 14.8 Å². The molecule has 0 aliphatic heterocycles. The Kier molecular flexibility index (Phi) is 3.99. The smallest absolute Gasteiger partial charge is 0.270 e. The Labute approximate surface area is 115 Å². The van der Waals surface area contributed by atoms with Crippen LogP contribution in [0, 0.1) is 10.1 Å². The molecule has 7 heteroatoms. The average Bonchev–Trinajstić information content (AvgIpc) is 2.81. The van der Waals surface area contributed by atoms with Gasteiger partial charge in [-0.05, 0) is 13.0 Å². The van der Waals surface area contributed by atoms with E-state index >= 15 is 0 Å². The lowest BCUT2D eigenvalue weighted by atomic mass is 10.1. The van der Waals surface area contributed by atoms with Crippen molar-refractivity contribution in [2.24, 2.45) is 7.05 Å². The minimum absolute atomic E-state index is 0.0752. The zero-order chi connectivity index (χ0) is 14.7. The Morgan fingerprint density at radius 3 is 2.85 bits per heavy atom. The van der Waals surface area contributed by atoms with Crippen LogP contribution in [0.4, 0.5) is 5.69 Å². The number of aliphatic hydroxyl groups is 1. The van der Waals surface area contributed by atoms with E-state index in [1.54, 1.807) is 12.5 Å². The number of hydrogen-bond donors (Lipinski definition) is 1. The SMILES string of the molecule is CC(O)c1cc([N+](=O)[O-])ccc1OCc1cncn1C. The summed E-state index contributed by atoms with van der Waals surface area (Å²) in [7, 11) is 1.84. The second-order valence-corrected chi connectivity index (χ2v) is 4.44. The van der Waals surface area contributed by atoms with Crippen LogP contribution in [0.1, 0.15) is 24.3 Å². The van der Waals surface area contributed by atoms with Crippen LogP contribution in [0.25, 0.3) is 0 Å². The van der Waals surface area contributed by atoms with Gasteiger partial charge >= 0.3 is 0 Å². The fourth-order valence-corrected chi connectivity index (χ4v) is 1.78. The topological polar surface area (TPSA) is 90.4 Å². The van der Waals surface area contributed by atoms with Crippen LogP contribution in [0.3, 0.4) is 0 Å². The first-order chi connectivity index (χ1) is 9.49. The predicted molar refractivity (Wildman–Crippen MR) is 71.3 cm³/mol. The number of rotatable bonds is 5. The van der Waals surface area contributed by atoms with Gasteiger partial charge in [-0.1, -0.05) is 0 Å². The number of non-ortho nitro benzene ring substituents is 1. The monoisotopic (exact) mass is 277 g/mol. The molecule has 0 radical (unpaired) electrons. The minimum Gasteiger partial charge on any atom is -0.487 e. The van der Waals surface area contributed by atoms with Crippen LogP contribution in [-0.4, -0.2) is 19.6 Å². The summed E-state index contributed by atoms with van der Waals surface area (Å²) in [6, 6.07) is 4.17. The third-order valence-corrected chi connectivity index (χ3v) is 2.95. The molecule has 1 aromatic carbocycles. The Hall–Kier alpha value is -2.41. The first-order valence-corrected chi connectivity index (χ1v) is 6.03. The largest absolute Gasteiger partial charge is 0.487 e. The molecule has 1 atom stereocenters. The molecule has 0 bridgehead atoms. The molecule has 0 saturated heterocycles. The molecule has 20 heavy (non-hydrogen) atoms. The maximum absolute atomic E-state index is 10.7. The van der Waals surface area contributed by atoms with Crippen LogP contribution in [0.5, 0.6) is 5.75 Å². The third kappa shape index (κ3) is 2.94. The number of nitrogens with zero attached hydrogens (tertiary/aromatic N) is 3. The highest BCUT2D eigenvalue weighted by atomic mass is 16.6. The number of hydrogen-bond acceptors (Lipinski definition) is 5. The van der Waals surface area contributed by atoms with Crippen molar-refractivity contribution >= 4 is 5.69 Å². The standard InChI is InChI=1S/C13H15N3O4/c1-9(17)12-5-10(16(18)19)3-4-13(12)20-7-11-6-14-8-15(11)2/h3-6,8-9,17H,7H2,1-2H3. The fraction of sp³-hybridized carbons (Fsp3) is 0.308. The predicted octanol–water partition coefficient (Wildman–Crippen LogP) is 1.96. The summed E-state index contributed by atoms with van der Waals surface area (Å²) in [6.45, 7) is 1.81. The van der Waals surface area contributed by atoms with E-state index in [4.69, 9.17) is 4.74 Å². The van der Waals surface area contributed by atoms with E-state index in [9.17, 15) is 15.2 Å². The summed E-state index contributed by atoms with van der Waals surface area (Å²) in [5.74, 6) is 0.423. The van der Waals surface area contributed by atoms with Gasteiger partial charge in [0, 0.05) is 24.7 Å². The highest BCUT2D eigenvalue weighted by molar-refractivity contribution is 5.44. The molecular weight excluding hydrogens is 262 g/mol. The molecule has 106 valence electrons. The van der Waals surface area contributed by atoms with Gasteiger partial charge in [-0.2, -0.15) is 0 Å². The van der Waals surface area contributed by atoms with E-state index in [1.807, 2.05) is 11.6 Å². The summed E-state index contributed by atoms with van der Waals surface area (Å²) >= 11 is 0. The molecule has 1 N–H and O–H groups in total. The van der Waals surface area contributed by atoms with Crippen molar-refractivity contribution in [2.45, 2.75) is 19.6 Å². The van der Waals surface area contributed by atoms with Crippen LogP contribution in [-0.2, 0) is 13.7 Å². The second kappa shape index (κ2) is 5.70. The molecule has 0 aliphatic carbocycles. The van der Waals surface area contributed by atoms with Crippen molar-refractivity contribution in [1.82, 2.24) is 9.55 Å². The highest BCUT2D eigenvalue weighted by Gasteiger charge is 2.15. The van der Waals surface area contributed by atoms with E-state index in [-0.39, 0.29) is 12.3 Å². The van der Waals surface area contributed by atoms with Gasteiger partial charge in [-0.3, -0.25) is 10.1 Å². The van der Waals surface area contributed by atoms with Gasteiger partial charge in [0.15, 0.2) is 0 Å². The van der Waals surface area contributed by atoms with Gasteiger partial charge in [0.1, 0.15) is 12.4 Å². The molecule has 1 heterocycles. The molecule has 7 nitrogen and oxygen atoms in total. The van der Waals surface area contributed by atoms with Crippen molar-refractivity contribution in [3.63, 3.8) is 0 Å². The molecule has 0 spiro atoms. The molecule has 1 unspecified atom stereocenters. The average molecular weight is 277 g/mol. The zero-order valence-corrected chi connectivity index (χ0v) is 11.2. The normalized spacial score (nSPS) is 12.2. The molecule has 2 rings (SSSR count). The summed E-state index contributed by atoms with van der Waals surface area (Å²) < 4.78 is 7.43. The Morgan fingerprint density at radius 2 is 2.30 bits per heavy atom. The number of aromatic nitrogens is 2. The lowest BCUT2D eigenvalue weighted by molar-refractivity contribution is -0.385. The molecular formula is C13H15N3O4. The minimum atomic E-state index is -0.851. The number of nitro benzene ring substituents is 1. The third-order valence-electron chi connectivity index (χ3n) is 2.95. The van der Waals surface area contributed by atoms with E-state index in [0.717, 1.165) is 5.69 Å². The number of benzene rings is 1. The zero-order valence-electron chi connectivity index (χ0n) is 11.2.